The van der Waals surface area contributed by atoms with E-state index in [0.29, 0.717) is 17.7 Å². The molecular weight excluding hydrogens is 345 g/mol. The predicted molar refractivity (Wildman–Crippen MR) is 100 cm³/mol. The van der Waals surface area contributed by atoms with Gasteiger partial charge in [0.25, 0.3) is 0 Å². The molecule has 0 saturated heterocycles. The predicted octanol–water partition coefficient (Wildman–Crippen LogP) is 3.26. The van der Waals surface area contributed by atoms with Crippen molar-refractivity contribution in [3.8, 4) is 0 Å². The summed E-state index contributed by atoms with van der Waals surface area (Å²) in [5.74, 6) is -1.52. The molecule has 4 rings (SSSR count). The number of nitrogens with one attached hydrogen (secondary N) is 2. The molecule has 136 valence electrons. The van der Waals surface area contributed by atoms with Gasteiger partial charge >= 0.3 is 0 Å². The van der Waals surface area contributed by atoms with E-state index in [1.54, 1.807) is 30.5 Å². The maximum atomic E-state index is 13.6. The average molecular weight is 363 g/mol. The molecule has 2 amide bonds. The SMILES string of the molecule is O=C(NCc1ccccc1F)C1CC1C(=O)Nc1cccc2cccnc12. The first kappa shape index (κ1) is 17.1. The summed E-state index contributed by atoms with van der Waals surface area (Å²) in [4.78, 5) is 29.0. The number of carbonyl (C=O) groups is 2. The molecule has 1 saturated carbocycles. The summed E-state index contributed by atoms with van der Waals surface area (Å²) >= 11 is 0. The molecule has 1 aliphatic rings. The highest BCUT2D eigenvalue weighted by atomic mass is 19.1. The second-order valence-electron chi connectivity index (χ2n) is 6.63. The van der Waals surface area contributed by atoms with E-state index in [-0.39, 0.29) is 36.0 Å². The molecule has 1 aromatic heterocycles. The lowest BCUT2D eigenvalue weighted by Gasteiger charge is -2.08. The first-order valence-corrected chi connectivity index (χ1v) is 8.79. The summed E-state index contributed by atoms with van der Waals surface area (Å²) in [7, 11) is 0. The molecule has 0 aliphatic heterocycles. The summed E-state index contributed by atoms with van der Waals surface area (Å²) < 4.78 is 13.6. The van der Waals surface area contributed by atoms with Gasteiger partial charge in [0.05, 0.1) is 23.0 Å². The highest BCUT2D eigenvalue weighted by molar-refractivity contribution is 6.04. The fourth-order valence-corrected chi connectivity index (χ4v) is 3.16. The summed E-state index contributed by atoms with van der Waals surface area (Å²) in [5.41, 5.74) is 1.78. The zero-order chi connectivity index (χ0) is 18.8. The zero-order valence-corrected chi connectivity index (χ0v) is 14.5. The Morgan fingerprint density at radius 2 is 1.78 bits per heavy atom. The number of benzene rings is 2. The van der Waals surface area contributed by atoms with Crippen LogP contribution in [0.5, 0.6) is 0 Å². The molecule has 0 spiro atoms. The Balaban J connectivity index is 1.36. The maximum Gasteiger partial charge on any atom is 0.228 e. The summed E-state index contributed by atoms with van der Waals surface area (Å²) in [6.07, 6.45) is 2.17. The van der Waals surface area contributed by atoms with Crippen LogP contribution in [-0.4, -0.2) is 16.8 Å². The molecule has 2 unspecified atom stereocenters. The van der Waals surface area contributed by atoms with Crippen LogP contribution in [0.25, 0.3) is 10.9 Å². The van der Waals surface area contributed by atoms with Crippen molar-refractivity contribution in [2.45, 2.75) is 13.0 Å². The van der Waals surface area contributed by atoms with Crippen LogP contribution in [0.15, 0.2) is 60.8 Å². The molecule has 5 nitrogen and oxygen atoms in total. The Kier molecular flexibility index (Phi) is 4.54. The topological polar surface area (TPSA) is 71.1 Å². The van der Waals surface area contributed by atoms with Gasteiger partial charge in [0.2, 0.25) is 11.8 Å². The molecule has 27 heavy (non-hydrogen) atoms. The number of rotatable bonds is 5. The van der Waals surface area contributed by atoms with E-state index in [0.717, 1.165) is 10.9 Å². The van der Waals surface area contributed by atoms with Gasteiger partial charge < -0.3 is 10.6 Å². The van der Waals surface area contributed by atoms with Crippen LogP contribution in [-0.2, 0) is 16.1 Å². The van der Waals surface area contributed by atoms with Crippen LogP contribution in [0.2, 0.25) is 0 Å². The molecule has 2 atom stereocenters. The summed E-state index contributed by atoms with van der Waals surface area (Å²) in [6, 6.07) is 15.6. The van der Waals surface area contributed by atoms with Crippen molar-refractivity contribution in [2.24, 2.45) is 11.8 Å². The Hall–Kier alpha value is -3.28. The van der Waals surface area contributed by atoms with E-state index in [9.17, 15) is 14.0 Å². The number of halogens is 1. The highest BCUT2D eigenvalue weighted by Crippen LogP contribution is 2.40. The monoisotopic (exact) mass is 363 g/mol. The lowest BCUT2D eigenvalue weighted by Crippen LogP contribution is -2.27. The number of amides is 2. The summed E-state index contributed by atoms with van der Waals surface area (Å²) in [5, 5.41) is 6.52. The Morgan fingerprint density at radius 3 is 2.63 bits per heavy atom. The lowest BCUT2D eigenvalue weighted by atomic mass is 10.2. The van der Waals surface area contributed by atoms with E-state index in [2.05, 4.69) is 15.6 Å². The lowest BCUT2D eigenvalue weighted by molar-refractivity contribution is -0.125. The molecule has 1 aliphatic carbocycles. The average Bonchev–Trinajstić information content (AvgIpc) is 3.49. The Bertz CT molecular complexity index is 1020. The van der Waals surface area contributed by atoms with Gasteiger partial charge in [0.1, 0.15) is 5.82 Å². The highest BCUT2D eigenvalue weighted by Gasteiger charge is 2.48. The van der Waals surface area contributed by atoms with Gasteiger partial charge in [0.15, 0.2) is 0 Å². The third kappa shape index (κ3) is 3.65. The molecule has 0 radical (unpaired) electrons. The number of carbonyl (C=O) groups excluding carboxylic acids is 2. The first-order valence-electron chi connectivity index (χ1n) is 8.79. The number of aromatic nitrogens is 1. The number of hydrogen-bond donors (Lipinski definition) is 2. The molecular formula is C21H18FN3O2. The van der Waals surface area contributed by atoms with E-state index in [4.69, 9.17) is 0 Å². The second kappa shape index (κ2) is 7.15. The van der Waals surface area contributed by atoms with Crippen LogP contribution < -0.4 is 10.6 Å². The van der Waals surface area contributed by atoms with Crippen molar-refractivity contribution in [3.05, 3.63) is 72.2 Å². The number of anilines is 1. The van der Waals surface area contributed by atoms with Crippen LogP contribution in [0, 0.1) is 17.7 Å². The van der Waals surface area contributed by atoms with Crippen LogP contribution in [0.4, 0.5) is 10.1 Å². The van der Waals surface area contributed by atoms with Gasteiger partial charge in [-0.15, -0.1) is 0 Å². The van der Waals surface area contributed by atoms with Crippen molar-refractivity contribution in [1.29, 1.82) is 0 Å². The van der Waals surface area contributed by atoms with E-state index < -0.39 is 0 Å². The molecule has 6 heteroatoms. The molecule has 1 heterocycles. The fraction of sp³-hybridized carbons (Fsp3) is 0.190. The minimum atomic E-state index is -0.375. The van der Waals surface area contributed by atoms with Crippen molar-refractivity contribution in [1.82, 2.24) is 10.3 Å². The van der Waals surface area contributed by atoms with Crippen LogP contribution in [0.1, 0.15) is 12.0 Å². The van der Waals surface area contributed by atoms with Gasteiger partial charge in [-0.2, -0.15) is 0 Å². The summed E-state index contributed by atoms with van der Waals surface area (Å²) in [6.45, 7) is 0.115. The van der Waals surface area contributed by atoms with Crippen LogP contribution in [0.3, 0.4) is 0 Å². The van der Waals surface area contributed by atoms with Crippen molar-refractivity contribution in [3.63, 3.8) is 0 Å². The number of nitrogens with zero attached hydrogens (tertiary/aromatic N) is 1. The van der Waals surface area contributed by atoms with Gasteiger partial charge in [-0.25, -0.2) is 4.39 Å². The number of hydrogen-bond acceptors (Lipinski definition) is 3. The largest absolute Gasteiger partial charge is 0.352 e. The van der Waals surface area contributed by atoms with Crippen molar-refractivity contribution < 1.29 is 14.0 Å². The molecule has 2 aromatic carbocycles. The maximum absolute atomic E-state index is 13.6. The quantitative estimate of drug-likeness (QED) is 0.731. The van der Waals surface area contributed by atoms with Gasteiger partial charge in [-0.1, -0.05) is 36.4 Å². The Labute approximate surface area is 155 Å². The van der Waals surface area contributed by atoms with E-state index >= 15 is 0 Å². The third-order valence-corrected chi connectivity index (χ3v) is 4.77. The number of pyridine rings is 1. The Morgan fingerprint density at radius 1 is 1.00 bits per heavy atom. The fourth-order valence-electron chi connectivity index (χ4n) is 3.16. The molecule has 0 bridgehead atoms. The molecule has 3 aromatic rings. The zero-order valence-electron chi connectivity index (χ0n) is 14.5. The smallest absolute Gasteiger partial charge is 0.228 e. The van der Waals surface area contributed by atoms with Crippen LogP contribution >= 0.6 is 0 Å². The van der Waals surface area contributed by atoms with Crippen molar-refractivity contribution >= 4 is 28.4 Å². The minimum absolute atomic E-state index is 0.115. The van der Waals surface area contributed by atoms with E-state index in [1.807, 2.05) is 24.3 Å². The van der Waals surface area contributed by atoms with E-state index in [1.165, 1.54) is 6.07 Å². The molecule has 1 fully saturated rings. The second-order valence-corrected chi connectivity index (χ2v) is 6.63. The minimum Gasteiger partial charge on any atom is -0.352 e. The molecule has 2 N–H and O–H groups in total. The van der Waals surface area contributed by atoms with Crippen molar-refractivity contribution in [2.75, 3.05) is 5.32 Å². The number of fused-ring (bicyclic) bond motifs is 1. The third-order valence-electron chi connectivity index (χ3n) is 4.77. The number of para-hydroxylation sites is 1. The van der Waals surface area contributed by atoms with Gasteiger partial charge in [0, 0.05) is 23.7 Å². The van der Waals surface area contributed by atoms with Gasteiger partial charge in [-0.05, 0) is 24.6 Å². The first-order chi connectivity index (χ1) is 13.1. The van der Waals surface area contributed by atoms with Gasteiger partial charge in [-0.3, -0.25) is 14.6 Å². The standard InChI is InChI=1S/C21H18FN3O2/c22-17-8-2-1-5-14(17)12-24-20(26)15-11-16(15)21(27)25-18-9-3-6-13-7-4-10-23-19(13)18/h1-10,15-16H,11-12H2,(H,24,26)(H,25,27). The normalized spacial score (nSPS) is 18.1.